The van der Waals surface area contributed by atoms with Crippen molar-refractivity contribution in [1.29, 1.82) is 0 Å². The van der Waals surface area contributed by atoms with Crippen LogP contribution in [0.3, 0.4) is 0 Å². The Balaban J connectivity index is 0.00000300. The van der Waals surface area contributed by atoms with E-state index < -0.39 is 0 Å². The fourth-order valence-corrected chi connectivity index (χ4v) is 4.35. The quantitative estimate of drug-likeness (QED) is 0.260. The number of piperazine rings is 1. The van der Waals surface area contributed by atoms with E-state index in [1.807, 2.05) is 20.2 Å². The van der Waals surface area contributed by atoms with Gasteiger partial charge in [0.1, 0.15) is 6.54 Å². The van der Waals surface area contributed by atoms with Crippen LogP contribution in [0.1, 0.15) is 39.0 Å². The number of nitrogens with one attached hydrogen (secondary N) is 1. The van der Waals surface area contributed by atoms with Gasteiger partial charge in [0, 0.05) is 53.1 Å². The summed E-state index contributed by atoms with van der Waals surface area (Å²) in [6, 6.07) is 0. The van der Waals surface area contributed by atoms with Crippen LogP contribution in [0.4, 0.5) is 5.69 Å². The lowest BCUT2D eigenvalue weighted by Gasteiger charge is -2.37. The highest BCUT2D eigenvalue weighted by Gasteiger charge is 2.34. The van der Waals surface area contributed by atoms with E-state index in [9.17, 15) is 4.79 Å². The lowest BCUT2D eigenvalue weighted by atomic mass is 9.83. The first-order valence-corrected chi connectivity index (χ1v) is 10.4. The molecule has 1 amide bonds. The highest BCUT2D eigenvalue weighted by molar-refractivity contribution is 14.0. The second-order valence-corrected chi connectivity index (χ2v) is 7.89. The third-order valence-corrected chi connectivity index (χ3v) is 6.00. The van der Waals surface area contributed by atoms with Crippen LogP contribution in [0, 0.1) is 5.41 Å². The molecule has 0 bridgehead atoms. The monoisotopic (exact) mass is 518 g/mol. The van der Waals surface area contributed by atoms with Gasteiger partial charge in [0.2, 0.25) is 5.91 Å². The molecule has 0 atom stereocenters. The number of carbonyl (C=O) groups is 1. The van der Waals surface area contributed by atoms with Crippen LogP contribution in [0.5, 0.6) is 0 Å². The molecule has 1 aliphatic heterocycles. The van der Waals surface area contributed by atoms with Crippen LogP contribution in [-0.2, 0) is 16.6 Å². The lowest BCUT2D eigenvalue weighted by Crippen LogP contribution is -2.56. The molecule has 0 spiro atoms. The molecular weight excluding hydrogens is 483 g/mol. The molecule has 1 saturated heterocycles. The number of aliphatic imine (C=N–C) groups is 1. The Morgan fingerprint density at radius 1 is 1.34 bits per heavy atom. The minimum Gasteiger partial charge on any atom is -0.382 e. The van der Waals surface area contributed by atoms with Gasteiger partial charge >= 0.3 is 0 Å². The van der Waals surface area contributed by atoms with Crippen LogP contribution in [-0.4, -0.2) is 73.0 Å². The van der Waals surface area contributed by atoms with Crippen molar-refractivity contribution in [2.45, 2.75) is 39.0 Å². The number of hydrogen-bond acceptors (Lipinski definition) is 4. The summed E-state index contributed by atoms with van der Waals surface area (Å²) in [5.41, 5.74) is 1.14. The number of hydrogen-bond donors (Lipinski definition) is 1. The Labute approximate surface area is 191 Å². The number of carbonyl (C=O) groups excluding carboxylic acids is 1. The van der Waals surface area contributed by atoms with Gasteiger partial charge in [-0.1, -0.05) is 12.8 Å². The zero-order valence-electron chi connectivity index (χ0n) is 17.9. The molecule has 1 aromatic heterocycles. The minimum absolute atomic E-state index is 0. The van der Waals surface area contributed by atoms with Crippen molar-refractivity contribution in [2.75, 3.05) is 51.3 Å². The number of amides is 1. The summed E-state index contributed by atoms with van der Waals surface area (Å²) < 4.78 is 7.34. The summed E-state index contributed by atoms with van der Waals surface area (Å²) in [6.45, 7) is 6.26. The molecule has 2 aliphatic rings. The Bertz CT molecular complexity index is 686. The van der Waals surface area contributed by atoms with Gasteiger partial charge < -0.3 is 19.9 Å². The summed E-state index contributed by atoms with van der Waals surface area (Å²) in [5.74, 6) is 0.899. The van der Waals surface area contributed by atoms with Crippen molar-refractivity contribution >= 4 is 41.5 Å². The maximum absolute atomic E-state index is 12.7. The average Bonchev–Trinajstić information content (AvgIpc) is 3.32. The molecule has 0 aromatic carbocycles. The topological polar surface area (TPSA) is 75.0 Å². The average molecular weight is 518 g/mol. The molecule has 9 heteroatoms. The van der Waals surface area contributed by atoms with E-state index in [1.165, 1.54) is 25.7 Å². The van der Waals surface area contributed by atoms with E-state index in [-0.39, 0.29) is 35.3 Å². The van der Waals surface area contributed by atoms with E-state index in [2.05, 4.69) is 20.3 Å². The number of aryl methyl sites for hydroxylation is 1. The van der Waals surface area contributed by atoms with E-state index in [0.29, 0.717) is 13.1 Å². The van der Waals surface area contributed by atoms with Crippen LogP contribution in [0.2, 0.25) is 0 Å². The Morgan fingerprint density at radius 3 is 2.69 bits per heavy atom. The van der Waals surface area contributed by atoms with E-state index in [1.54, 1.807) is 22.8 Å². The molecular formula is C20H35IN6O2. The summed E-state index contributed by atoms with van der Waals surface area (Å²) in [7, 11) is 3.65. The maximum atomic E-state index is 12.7. The molecule has 164 valence electrons. The van der Waals surface area contributed by atoms with Crippen molar-refractivity contribution in [3.05, 3.63) is 12.4 Å². The van der Waals surface area contributed by atoms with Crippen molar-refractivity contribution in [2.24, 2.45) is 17.5 Å². The maximum Gasteiger partial charge on any atom is 0.246 e. The van der Waals surface area contributed by atoms with Gasteiger partial charge in [-0.05, 0) is 31.6 Å². The predicted molar refractivity (Wildman–Crippen MR) is 126 cm³/mol. The Kier molecular flexibility index (Phi) is 9.19. The zero-order valence-corrected chi connectivity index (χ0v) is 20.2. The van der Waals surface area contributed by atoms with Gasteiger partial charge in [0.25, 0.3) is 0 Å². The third kappa shape index (κ3) is 6.07. The third-order valence-electron chi connectivity index (χ3n) is 6.00. The highest BCUT2D eigenvalue weighted by Crippen LogP contribution is 2.40. The van der Waals surface area contributed by atoms with Crippen molar-refractivity contribution in [3.8, 4) is 0 Å². The lowest BCUT2D eigenvalue weighted by molar-refractivity contribution is -0.120. The smallest absolute Gasteiger partial charge is 0.246 e. The van der Waals surface area contributed by atoms with Gasteiger partial charge in [-0.15, -0.1) is 24.0 Å². The molecule has 0 radical (unpaired) electrons. The first-order valence-electron chi connectivity index (χ1n) is 10.4. The Hall–Kier alpha value is -1.36. The molecule has 3 rings (SSSR count). The van der Waals surface area contributed by atoms with Gasteiger partial charge in [0.15, 0.2) is 5.96 Å². The minimum atomic E-state index is 0. The molecule has 29 heavy (non-hydrogen) atoms. The number of ether oxygens (including phenoxy) is 1. The van der Waals surface area contributed by atoms with Gasteiger partial charge in [-0.25, -0.2) is 0 Å². The number of halogens is 1. The van der Waals surface area contributed by atoms with Gasteiger partial charge in [0.05, 0.1) is 11.9 Å². The van der Waals surface area contributed by atoms with Crippen molar-refractivity contribution in [3.63, 3.8) is 0 Å². The molecule has 0 unspecified atom stereocenters. The van der Waals surface area contributed by atoms with Crippen LogP contribution < -0.4 is 10.2 Å². The van der Waals surface area contributed by atoms with Gasteiger partial charge in [-0.2, -0.15) is 5.10 Å². The molecule has 2 heterocycles. The molecule has 1 N–H and O–H groups in total. The van der Waals surface area contributed by atoms with E-state index in [0.717, 1.165) is 44.4 Å². The number of rotatable bonds is 7. The molecule has 1 saturated carbocycles. The van der Waals surface area contributed by atoms with Crippen LogP contribution >= 0.6 is 24.0 Å². The highest BCUT2D eigenvalue weighted by atomic mass is 127. The van der Waals surface area contributed by atoms with E-state index >= 15 is 0 Å². The summed E-state index contributed by atoms with van der Waals surface area (Å²) in [5, 5.41) is 7.73. The zero-order chi connectivity index (χ0) is 20.0. The van der Waals surface area contributed by atoms with Gasteiger partial charge in [-0.3, -0.25) is 14.5 Å². The number of nitrogens with zero attached hydrogens (tertiary/aromatic N) is 5. The second kappa shape index (κ2) is 11.1. The largest absolute Gasteiger partial charge is 0.382 e. The van der Waals surface area contributed by atoms with Crippen LogP contribution in [0.15, 0.2) is 17.4 Å². The molecule has 8 nitrogen and oxygen atoms in total. The summed E-state index contributed by atoms with van der Waals surface area (Å²) in [6.07, 6.45) is 9.74. The molecule has 1 aromatic rings. The fourth-order valence-electron chi connectivity index (χ4n) is 4.35. The predicted octanol–water partition coefficient (Wildman–Crippen LogP) is 2.25. The Morgan fingerprint density at radius 2 is 2.10 bits per heavy atom. The summed E-state index contributed by atoms with van der Waals surface area (Å²) in [4.78, 5) is 21.0. The summed E-state index contributed by atoms with van der Waals surface area (Å²) >= 11 is 0. The first-order chi connectivity index (χ1) is 13.6. The second-order valence-electron chi connectivity index (χ2n) is 7.89. The SMILES string of the molecule is CCOCCC1(CNC(=NC)N2CCN(c3cnn(C)c3)C(=O)C2)CCCC1.I. The fraction of sp³-hybridized carbons (Fsp3) is 0.750. The molecule has 2 fully saturated rings. The first kappa shape index (κ1) is 23.9. The number of guanidine groups is 1. The van der Waals surface area contributed by atoms with Crippen molar-refractivity contribution < 1.29 is 9.53 Å². The van der Waals surface area contributed by atoms with E-state index in [4.69, 9.17) is 4.74 Å². The number of aromatic nitrogens is 2. The van der Waals surface area contributed by atoms with Crippen LogP contribution in [0.25, 0.3) is 0 Å². The molecule has 1 aliphatic carbocycles. The normalized spacial score (nSPS) is 19.4. The standard InChI is InChI=1S/C20H34N6O2.HI/c1-4-28-12-9-20(7-5-6-8-20)16-22-19(21-2)25-10-11-26(18(27)15-25)17-13-23-24(3)14-17;/h13-14H,4-12,15-16H2,1-3H3,(H,21,22);1H. The number of anilines is 1. The van der Waals surface area contributed by atoms with Crippen molar-refractivity contribution in [1.82, 2.24) is 20.0 Å².